The fraction of sp³-hybridized carbons (Fsp3) is 0.571. The predicted octanol–water partition coefficient (Wildman–Crippen LogP) is 3.11. The number of hydrogen-bond acceptors (Lipinski definition) is 4. The first-order valence-electron chi connectivity index (χ1n) is 9.94. The molecule has 6 heteroatoms. The zero-order chi connectivity index (χ0) is 18.8. The van der Waals surface area contributed by atoms with E-state index in [1.165, 1.54) is 0 Å². The Balaban J connectivity index is 1.39. The molecule has 4 atom stereocenters. The number of aromatic carboxylic acids is 1. The molecule has 1 N–H and O–H groups in total. The molecule has 0 radical (unpaired) electrons. The van der Waals surface area contributed by atoms with Crippen LogP contribution in [0, 0.1) is 11.8 Å². The third-order valence-electron chi connectivity index (χ3n) is 6.13. The summed E-state index contributed by atoms with van der Waals surface area (Å²) >= 11 is 0. The highest BCUT2D eigenvalue weighted by molar-refractivity contribution is 5.87. The molecule has 1 aromatic rings. The Morgan fingerprint density at radius 2 is 2.00 bits per heavy atom. The number of carbonyl (C=O) groups is 2. The number of aryl methyl sites for hydroxylation is 1. The molecule has 0 spiro atoms. The van der Waals surface area contributed by atoms with E-state index in [9.17, 15) is 9.59 Å². The van der Waals surface area contributed by atoms with Gasteiger partial charge < -0.3 is 9.84 Å². The molecule has 0 aromatic heterocycles. The first-order valence-corrected chi connectivity index (χ1v) is 9.94. The van der Waals surface area contributed by atoms with Crippen LogP contribution in [0.3, 0.4) is 0 Å². The molecule has 27 heavy (non-hydrogen) atoms. The number of benzene rings is 1. The molecule has 2 bridgehead atoms. The molecule has 4 rings (SSSR count). The number of amides is 1. The molecule has 3 saturated heterocycles. The van der Waals surface area contributed by atoms with Gasteiger partial charge in [0.1, 0.15) is 0 Å². The summed E-state index contributed by atoms with van der Waals surface area (Å²) in [4.78, 5) is 22.9. The summed E-state index contributed by atoms with van der Waals surface area (Å²) in [5, 5.41) is 15.1. The van der Waals surface area contributed by atoms with Crippen molar-refractivity contribution in [1.82, 2.24) is 5.01 Å². The molecule has 0 aliphatic carbocycles. The van der Waals surface area contributed by atoms with Crippen LogP contribution in [0.1, 0.15) is 54.4 Å². The minimum Gasteiger partial charge on any atom is -0.478 e. The first-order chi connectivity index (χ1) is 13.1. The minimum absolute atomic E-state index is 0.122. The molecule has 0 saturated carbocycles. The van der Waals surface area contributed by atoms with E-state index in [0.717, 1.165) is 50.6 Å². The van der Waals surface area contributed by atoms with Gasteiger partial charge in [-0.15, -0.1) is 0 Å². The van der Waals surface area contributed by atoms with Crippen LogP contribution < -0.4 is 0 Å². The summed E-state index contributed by atoms with van der Waals surface area (Å²) in [6.45, 7) is 0.720. The summed E-state index contributed by atoms with van der Waals surface area (Å²) in [5.41, 5.74) is 1.46. The van der Waals surface area contributed by atoms with Gasteiger partial charge in [-0.25, -0.2) is 9.80 Å². The van der Waals surface area contributed by atoms with Crippen LogP contribution in [-0.4, -0.2) is 47.0 Å². The quantitative estimate of drug-likeness (QED) is 0.781. The third kappa shape index (κ3) is 3.90. The van der Waals surface area contributed by atoms with E-state index in [0.29, 0.717) is 17.9 Å². The largest absolute Gasteiger partial charge is 0.478 e. The van der Waals surface area contributed by atoms with Crippen LogP contribution in [0.2, 0.25) is 0 Å². The van der Waals surface area contributed by atoms with Gasteiger partial charge in [0.15, 0.2) is 0 Å². The number of carboxylic acids is 1. The van der Waals surface area contributed by atoms with Crippen molar-refractivity contribution in [2.75, 3.05) is 6.54 Å². The van der Waals surface area contributed by atoms with Crippen molar-refractivity contribution in [1.29, 1.82) is 0 Å². The molecule has 3 fully saturated rings. The number of piperidine rings is 1. The van der Waals surface area contributed by atoms with Crippen molar-refractivity contribution in [3.63, 3.8) is 0 Å². The number of carbonyl (C=O) groups excluding carboxylic acids is 1. The highest BCUT2D eigenvalue weighted by Gasteiger charge is 2.47. The number of ether oxygens (including phenoxy) is 1. The molecule has 3 heterocycles. The average Bonchev–Trinajstić information content (AvgIpc) is 3.27. The molecule has 6 nitrogen and oxygen atoms in total. The Hall–Kier alpha value is -2.21. The standard InChI is InChI=1S/C21H26N2O4/c24-20-3-1-2-12-23(20)22-13-17-16(18-10-11-19(17)27-18)9-6-14-4-7-15(8-5-14)21(25)26/h4-5,7-8,13,16-19H,1-3,6,9-12H2,(H,25,26). The van der Waals surface area contributed by atoms with Gasteiger partial charge in [-0.1, -0.05) is 12.1 Å². The van der Waals surface area contributed by atoms with Gasteiger partial charge in [-0.05, 0) is 62.1 Å². The first kappa shape index (κ1) is 18.2. The van der Waals surface area contributed by atoms with Crippen molar-refractivity contribution in [2.45, 2.75) is 57.2 Å². The number of hydrazone groups is 1. The number of nitrogens with zero attached hydrogens (tertiary/aromatic N) is 2. The second-order valence-corrected chi connectivity index (χ2v) is 7.81. The molecule has 144 valence electrons. The molecule has 3 aliphatic heterocycles. The molecular weight excluding hydrogens is 344 g/mol. The van der Waals surface area contributed by atoms with Crippen LogP contribution in [0.5, 0.6) is 0 Å². The lowest BCUT2D eigenvalue weighted by molar-refractivity contribution is -0.133. The maximum absolute atomic E-state index is 12.0. The van der Waals surface area contributed by atoms with E-state index in [-0.39, 0.29) is 24.0 Å². The summed E-state index contributed by atoms with van der Waals surface area (Å²) in [6.07, 6.45) is 9.09. The van der Waals surface area contributed by atoms with E-state index >= 15 is 0 Å². The monoisotopic (exact) mass is 370 g/mol. The van der Waals surface area contributed by atoms with Crippen LogP contribution >= 0.6 is 0 Å². The average molecular weight is 370 g/mol. The molecular formula is C21H26N2O4. The maximum Gasteiger partial charge on any atom is 0.335 e. The van der Waals surface area contributed by atoms with Gasteiger partial charge in [0.05, 0.1) is 17.8 Å². The summed E-state index contributed by atoms with van der Waals surface area (Å²) in [7, 11) is 0. The fourth-order valence-corrected chi connectivity index (χ4v) is 4.61. The number of carboxylic acid groups (broad SMARTS) is 1. The Bertz CT molecular complexity index is 730. The lowest BCUT2D eigenvalue weighted by atomic mass is 9.77. The SMILES string of the molecule is O=C(O)c1ccc(CCC2C3CCC(O3)C2C=NN2CCCCC2=O)cc1. The van der Waals surface area contributed by atoms with E-state index in [1.807, 2.05) is 18.3 Å². The van der Waals surface area contributed by atoms with E-state index in [1.54, 1.807) is 17.1 Å². The lowest BCUT2D eigenvalue weighted by Gasteiger charge is -2.27. The molecule has 4 unspecified atom stereocenters. The van der Waals surface area contributed by atoms with Gasteiger partial charge in [0, 0.05) is 25.1 Å². The molecule has 3 aliphatic rings. The van der Waals surface area contributed by atoms with Crippen LogP contribution in [0.15, 0.2) is 29.4 Å². The van der Waals surface area contributed by atoms with Crippen molar-refractivity contribution in [2.24, 2.45) is 16.9 Å². The van der Waals surface area contributed by atoms with Crippen LogP contribution in [0.4, 0.5) is 0 Å². The van der Waals surface area contributed by atoms with Crippen LogP contribution in [0.25, 0.3) is 0 Å². The zero-order valence-electron chi connectivity index (χ0n) is 15.4. The van der Waals surface area contributed by atoms with E-state index < -0.39 is 5.97 Å². The fourth-order valence-electron chi connectivity index (χ4n) is 4.61. The Morgan fingerprint density at radius 3 is 2.74 bits per heavy atom. The summed E-state index contributed by atoms with van der Waals surface area (Å²) < 4.78 is 6.13. The van der Waals surface area contributed by atoms with E-state index in [2.05, 4.69) is 5.10 Å². The van der Waals surface area contributed by atoms with Gasteiger partial charge in [-0.3, -0.25) is 4.79 Å². The van der Waals surface area contributed by atoms with Crippen molar-refractivity contribution >= 4 is 18.1 Å². The second-order valence-electron chi connectivity index (χ2n) is 7.81. The van der Waals surface area contributed by atoms with Crippen molar-refractivity contribution < 1.29 is 19.4 Å². The smallest absolute Gasteiger partial charge is 0.335 e. The maximum atomic E-state index is 12.0. The van der Waals surface area contributed by atoms with Crippen molar-refractivity contribution in [3.8, 4) is 0 Å². The van der Waals surface area contributed by atoms with Gasteiger partial charge >= 0.3 is 5.97 Å². The zero-order valence-corrected chi connectivity index (χ0v) is 15.4. The minimum atomic E-state index is -0.897. The topological polar surface area (TPSA) is 79.2 Å². The highest BCUT2D eigenvalue weighted by atomic mass is 16.5. The number of fused-ring (bicyclic) bond motifs is 2. The highest BCUT2D eigenvalue weighted by Crippen LogP contribution is 2.44. The van der Waals surface area contributed by atoms with Crippen LogP contribution in [-0.2, 0) is 16.0 Å². The number of hydrogen-bond donors (Lipinski definition) is 1. The van der Waals surface area contributed by atoms with Gasteiger partial charge in [0.2, 0.25) is 5.91 Å². The Morgan fingerprint density at radius 1 is 1.22 bits per heavy atom. The summed E-state index contributed by atoms with van der Waals surface area (Å²) in [5.74, 6) is -0.105. The van der Waals surface area contributed by atoms with Gasteiger partial charge in [-0.2, -0.15) is 5.10 Å². The predicted molar refractivity (Wildman–Crippen MR) is 101 cm³/mol. The lowest BCUT2D eigenvalue weighted by Crippen LogP contribution is -2.33. The van der Waals surface area contributed by atoms with Crippen molar-refractivity contribution in [3.05, 3.63) is 35.4 Å². The van der Waals surface area contributed by atoms with Gasteiger partial charge in [0.25, 0.3) is 0 Å². The third-order valence-corrected chi connectivity index (χ3v) is 6.13. The Labute approximate surface area is 159 Å². The molecule has 1 aromatic carbocycles. The Kier molecular flexibility index (Phi) is 5.25. The second kappa shape index (κ2) is 7.80. The molecule has 1 amide bonds. The summed E-state index contributed by atoms with van der Waals surface area (Å²) in [6, 6.07) is 7.12. The van der Waals surface area contributed by atoms with E-state index in [4.69, 9.17) is 9.84 Å². The number of rotatable bonds is 6. The normalized spacial score (nSPS) is 30.4.